The highest BCUT2D eigenvalue weighted by Crippen LogP contribution is 2.02. The van der Waals surface area contributed by atoms with Gasteiger partial charge in [-0.3, -0.25) is 4.79 Å². The first kappa shape index (κ1) is 9.14. The molecule has 0 radical (unpaired) electrons. The van der Waals surface area contributed by atoms with Gasteiger partial charge >= 0.3 is 0 Å². The van der Waals surface area contributed by atoms with Crippen molar-refractivity contribution in [3.8, 4) is 0 Å². The molecule has 0 aromatic rings. The summed E-state index contributed by atoms with van der Waals surface area (Å²) < 4.78 is 12.1. The molecule has 1 atom stereocenters. The maximum absolute atomic E-state index is 12.1. The zero-order valence-electron chi connectivity index (χ0n) is 6.44. The van der Waals surface area contributed by atoms with E-state index in [-0.39, 0.29) is 17.7 Å². The summed E-state index contributed by atoms with van der Waals surface area (Å²) in [5, 5.41) is 2.42. The van der Waals surface area contributed by atoms with Crippen LogP contribution in [0.5, 0.6) is 0 Å². The minimum absolute atomic E-state index is 0.169. The summed E-state index contributed by atoms with van der Waals surface area (Å²) in [5.74, 6) is -0.872. The van der Waals surface area contributed by atoms with Crippen LogP contribution >= 0.6 is 0 Å². The Balaban J connectivity index is 3.96. The van der Waals surface area contributed by atoms with Gasteiger partial charge in [-0.05, 0) is 19.9 Å². The first-order valence-corrected chi connectivity index (χ1v) is 3.13. The van der Waals surface area contributed by atoms with Crippen molar-refractivity contribution in [2.45, 2.75) is 13.8 Å². The Labute approximate surface area is 60.1 Å². The molecule has 0 aliphatic heterocycles. The number of allylic oxidation sites excluding steroid dienone is 1. The van der Waals surface area contributed by atoms with Crippen molar-refractivity contribution in [2.75, 3.05) is 7.05 Å². The summed E-state index contributed by atoms with van der Waals surface area (Å²) in [6, 6.07) is 0. The van der Waals surface area contributed by atoms with Crippen LogP contribution in [0.15, 0.2) is 11.9 Å². The second-order valence-corrected chi connectivity index (χ2v) is 2.16. The van der Waals surface area contributed by atoms with Crippen molar-refractivity contribution < 1.29 is 9.18 Å². The van der Waals surface area contributed by atoms with E-state index in [1.54, 1.807) is 6.92 Å². The molecule has 0 saturated heterocycles. The molecule has 0 aromatic heterocycles. The maximum Gasteiger partial charge on any atom is 0.226 e. The number of carbonyl (C=O) groups is 1. The Morgan fingerprint density at radius 2 is 2.20 bits per heavy atom. The Bertz CT molecular complexity index is 150. The van der Waals surface area contributed by atoms with E-state index >= 15 is 0 Å². The summed E-state index contributed by atoms with van der Waals surface area (Å²) in [7, 11) is 1.53. The molecule has 2 nitrogen and oxygen atoms in total. The Morgan fingerprint density at radius 3 is 2.50 bits per heavy atom. The van der Waals surface area contributed by atoms with Crippen molar-refractivity contribution in [2.24, 2.45) is 5.92 Å². The number of nitrogens with one attached hydrogen (secondary N) is 1. The first-order chi connectivity index (χ1) is 4.57. The monoisotopic (exact) mass is 145 g/mol. The van der Waals surface area contributed by atoms with Gasteiger partial charge in [0.2, 0.25) is 5.91 Å². The fourth-order valence-corrected chi connectivity index (χ4v) is 0.648. The Kier molecular flexibility index (Phi) is 3.69. The molecule has 0 rings (SSSR count). The molecular formula is C7H12FNO. The second-order valence-electron chi connectivity index (χ2n) is 2.16. The highest BCUT2D eigenvalue weighted by atomic mass is 19.1. The van der Waals surface area contributed by atoms with Crippen LogP contribution in [0.1, 0.15) is 13.8 Å². The van der Waals surface area contributed by atoms with Crippen LogP contribution in [0.3, 0.4) is 0 Å². The lowest BCUT2D eigenvalue weighted by Crippen LogP contribution is -2.23. The average Bonchev–Trinajstić information content (AvgIpc) is 1.85. The van der Waals surface area contributed by atoms with E-state index in [1.807, 2.05) is 0 Å². The molecule has 10 heavy (non-hydrogen) atoms. The molecule has 58 valence electrons. The van der Waals surface area contributed by atoms with Gasteiger partial charge in [0.1, 0.15) is 0 Å². The maximum atomic E-state index is 12.1. The zero-order chi connectivity index (χ0) is 8.15. The third-order valence-electron chi connectivity index (χ3n) is 1.14. The molecule has 0 aliphatic carbocycles. The number of amides is 1. The summed E-state index contributed by atoms with van der Waals surface area (Å²) in [6.07, 6.45) is 1.28. The van der Waals surface area contributed by atoms with Crippen LogP contribution in [0.25, 0.3) is 0 Å². The second kappa shape index (κ2) is 4.04. The van der Waals surface area contributed by atoms with Gasteiger partial charge in [-0.25, -0.2) is 4.39 Å². The minimum atomic E-state index is -0.380. The van der Waals surface area contributed by atoms with Crippen LogP contribution in [-0.4, -0.2) is 13.0 Å². The van der Waals surface area contributed by atoms with E-state index < -0.39 is 0 Å². The number of halogens is 1. The summed E-state index contributed by atoms with van der Waals surface area (Å²) in [4.78, 5) is 10.7. The number of hydrogen-bond donors (Lipinski definition) is 1. The summed E-state index contributed by atoms with van der Waals surface area (Å²) in [5.41, 5.74) is 0. The third-order valence-corrected chi connectivity index (χ3v) is 1.14. The van der Waals surface area contributed by atoms with Crippen molar-refractivity contribution in [3.63, 3.8) is 0 Å². The van der Waals surface area contributed by atoms with E-state index in [2.05, 4.69) is 5.32 Å². The molecule has 0 bridgehead atoms. The third kappa shape index (κ3) is 3.22. The van der Waals surface area contributed by atoms with Crippen molar-refractivity contribution in [1.29, 1.82) is 0 Å². The van der Waals surface area contributed by atoms with Crippen molar-refractivity contribution in [1.82, 2.24) is 5.32 Å². The van der Waals surface area contributed by atoms with Gasteiger partial charge in [0.05, 0.1) is 11.7 Å². The molecule has 1 amide bonds. The largest absolute Gasteiger partial charge is 0.359 e. The molecule has 0 fully saturated rings. The van der Waals surface area contributed by atoms with Crippen molar-refractivity contribution in [3.05, 3.63) is 11.9 Å². The van der Waals surface area contributed by atoms with Crippen LogP contribution in [-0.2, 0) is 4.79 Å². The molecule has 3 heteroatoms. The molecule has 0 aromatic carbocycles. The summed E-state index contributed by atoms with van der Waals surface area (Å²) >= 11 is 0. The fraction of sp³-hybridized carbons (Fsp3) is 0.571. The van der Waals surface area contributed by atoms with Crippen molar-refractivity contribution >= 4 is 5.91 Å². The standard InChI is InChI=1S/C7H12FNO/c1-5(4-6(2)8)7(10)9-3/h4-5H,1-3H3,(H,9,10)/b6-4-/t5-/m1/s1. The minimum Gasteiger partial charge on any atom is -0.359 e. The lowest BCUT2D eigenvalue weighted by Gasteiger charge is -2.02. The van der Waals surface area contributed by atoms with Gasteiger partial charge in [-0.2, -0.15) is 0 Å². The first-order valence-electron chi connectivity index (χ1n) is 3.13. The smallest absolute Gasteiger partial charge is 0.226 e. The SMILES string of the molecule is CNC(=O)[C@H](C)/C=C(/C)F. The number of hydrogen-bond acceptors (Lipinski definition) is 1. The van der Waals surface area contributed by atoms with Gasteiger partial charge in [0.15, 0.2) is 0 Å². The van der Waals surface area contributed by atoms with Gasteiger partial charge < -0.3 is 5.32 Å². The predicted molar refractivity (Wildman–Crippen MR) is 38.1 cm³/mol. The van der Waals surface area contributed by atoms with E-state index in [0.717, 1.165) is 0 Å². The van der Waals surface area contributed by atoms with Gasteiger partial charge in [-0.15, -0.1) is 0 Å². The van der Waals surface area contributed by atoms with Gasteiger partial charge in [0, 0.05) is 7.05 Å². The van der Waals surface area contributed by atoms with E-state index in [9.17, 15) is 9.18 Å². The molecule has 0 heterocycles. The topological polar surface area (TPSA) is 29.1 Å². The Hall–Kier alpha value is -0.860. The normalized spacial score (nSPS) is 14.6. The number of carbonyl (C=O) groups excluding carboxylic acids is 1. The quantitative estimate of drug-likeness (QED) is 0.622. The van der Waals surface area contributed by atoms with Gasteiger partial charge in [0.25, 0.3) is 0 Å². The van der Waals surface area contributed by atoms with Crippen LogP contribution in [0, 0.1) is 5.92 Å². The highest BCUT2D eigenvalue weighted by Gasteiger charge is 2.06. The number of rotatable bonds is 2. The predicted octanol–water partition coefficient (Wildman–Crippen LogP) is 1.24. The molecule has 0 spiro atoms. The lowest BCUT2D eigenvalue weighted by molar-refractivity contribution is -0.122. The Morgan fingerprint density at radius 1 is 1.70 bits per heavy atom. The van der Waals surface area contributed by atoms with Crippen LogP contribution in [0.2, 0.25) is 0 Å². The lowest BCUT2D eigenvalue weighted by atomic mass is 10.1. The molecule has 0 saturated carbocycles. The average molecular weight is 145 g/mol. The van der Waals surface area contributed by atoms with E-state index in [0.29, 0.717) is 0 Å². The van der Waals surface area contributed by atoms with E-state index in [4.69, 9.17) is 0 Å². The van der Waals surface area contributed by atoms with Crippen LogP contribution < -0.4 is 5.32 Å². The molecule has 1 N–H and O–H groups in total. The molecule has 0 aliphatic rings. The molecule has 0 unspecified atom stereocenters. The summed E-state index contributed by atoms with van der Waals surface area (Å²) in [6.45, 7) is 2.96. The van der Waals surface area contributed by atoms with Crippen LogP contribution in [0.4, 0.5) is 4.39 Å². The highest BCUT2D eigenvalue weighted by molar-refractivity contribution is 5.79. The zero-order valence-corrected chi connectivity index (χ0v) is 6.44. The van der Waals surface area contributed by atoms with Gasteiger partial charge in [-0.1, -0.05) is 0 Å². The molecular weight excluding hydrogens is 133 g/mol. The fourth-order valence-electron chi connectivity index (χ4n) is 0.648. The van der Waals surface area contributed by atoms with E-state index in [1.165, 1.54) is 20.0 Å².